The maximum Gasteiger partial charge on any atom is 0.338 e. The number of nitrogens with zero attached hydrogens (tertiary/aromatic N) is 1. The van der Waals surface area contributed by atoms with Crippen LogP contribution in [0.5, 0.6) is 0 Å². The normalized spacial score (nSPS) is 14.8. The van der Waals surface area contributed by atoms with Crippen molar-refractivity contribution in [2.75, 3.05) is 19.7 Å². The lowest BCUT2D eigenvalue weighted by molar-refractivity contribution is -0.124. The van der Waals surface area contributed by atoms with Gasteiger partial charge >= 0.3 is 5.97 Å². The Kier molecular flexibility index (Phi) is 7.46. The van der Waals surface area contributed by atoms with Gasteiger partial charge in [0.05, 0.1) is 10.5 Å². The van der Waals surface area contributed by atoms with Crippen LogP contribution in [-0.2, 0) is 26.1 Å². The number of rotatable bonds is 7. The number of ether oxygens (including phenoxy) is 1. The number of nitrogens with one attached hydrogen (secondary N) is 1. The molecule has 1 amide bonds. The average molecular weight is 445 g/mol. The molecule has 8 heteroatoms. The Bertz CT molecular complexity index is 1040. The van der Waals surface area contributed by atoms with E-state index in [4.69, 9.17) is 4.74 Å². The Hall–Kier alpha value is -2.71. The number of hydrogen-bond acceptors (Lipinski definition) is 5. The zero-order valence-electron chi connectivity index (χ0n) is 17.9. The van der Waals surface area contributed by atoms with Gasteiger partial charge in [0.1, 0.15) is 0 Å². The molecule has 1 N–H and O–H groups in total. The lowest BCUT2D eigenvalue weighted by Gasteiger charge is -2.26. The van der Waals surface area contributed by atoms with Gasteiger partial charge in [-0.15, -0.1) is 0 Å². The van der Waals surface area contributed by atoms with Crippen molar-refractivity contribution in [3.63, 3.8) is 0 Å². The molecule has 1 aliphatic heterocycles. The lowest BCUT2D eigenvalue weighted by atomic mass is 10.1. The molecule has 31 heavy (non-hydrogen) atoms. The second-order valence-electron chi connectivity index (χ2n) is 7.78. The highest BCUT2D eigenvalue weighted by atomic mass is 32.2. The summed E-state index contributed by atoms with van der Waals surface area (Å²) in [6.45, 7) is 4.54. The summed E-state index contributed by atoms with van der Waals surface area (Å²) in [7, 11) is -3.66. The Labute approximate surface area is 183 Å². The van der Waals surface area contributed by atoms with Crippen LogP contribution in [0, 0.1) is 13.8 Å². The van der Waals surface area contributed by atoms with Crippen LogP contribution in [0.2, 0.25) is 0 Å². The van der Waals surface area contributed by atoms with Crippen LogP contribution in [0.25, 0.3) is 0 Å². The third-order valence-corrected chi connectivity index (χ3v) is 7.22. The second kappa shape index (κ2) is 10.1. The first-order valence-corrected chi connectivity index (χ1v) is 11.8. The van der Waals surface area contributed by atoms with Gasteiger partial charge in [-0.1, -0.05) is 42.3 Å². The van der Waals surface area contributed by atoms with E-state index in [1.807, 2.05) is 31.2 Å². The molecule has 1 saturated heterocycles. The maximum atomic E-state index is 12.9. The van der Waals surface area contributed by atoms with Crippen LogP contribution in [0.4, 0.5) is 0 Å². The van der Waals surface area contributed by atoms with Crippen molar-refractivity contribution in [3.05, 3.63) is 64.7 Å². The van der Waals surface area contributed by atoms with Crippen LogP contribution in [0.3, 0.4) is 0 Å². The van der Waals surface area contributed by atoms with Crippen molar-refractivity contribution < 1.29 is 22.7 Å². The van der Waals surface area contributed by atoms with E-state index in [9.17, 15) is 18.0 Å². The van der Waals surface area contributed by atoms with Crippen molar-refractivity contribution in [2.24, 2.45) is 0 Å². The third kappa shape index (κ3) is 5.92. The zero-order chi connectivity index (χ0) is 22.4. The highest BCUT2D eigenvalue weighted by Crippen LogP contribution is 2.23. The highest BCUT2D eigenvalue weighted by Gasteiger charge is 2.27. The number of esters is 1. The van der Waals surface area contributed by atoms with E-state index < -0.39 is 28.5 Å². The number of amides is 1. The molecule has 0 saturated carbocycles. The third-order valence-electron chi connectivity index (χ3n) is 5.33. The highest BCUT2D eigenvalue weighted by molar-refractivity contribution is 7.89. The van der Waals surface area contributed by atoms with Crippen molar-refractivity contribution in [1.29, 1.82) is 0 Å². The van der Waals surface area contributed by atoms with Gasteiger partial charge in [0.2, 0.25) is 10.0 Å². The fourth-order valence-electron chi connectivity index (χ4n) is 3.40. The van der Waals surface area contributed by atoms with Crippen molar-refractivity contribution in [1.82, 2.24) is 9.62 Å². The smallest absolute Gasteiger partial charge is 0.338 e. The van der Waals surface area contributed by atoms with Gasteiger partial charge in [-0.2, -0.15) is 4.31 Å². The van der Waals surface area contributed by atoms with Gasteiger partial charge in [-0.05, 0) is 49.9 Å². The number of carbonyl (C=O) groups is 2. The van der Waals surface area contributed by atoms with Crippen LogP contribution in [0.15, 0.2) is 47.4 Å². The number of hydrogen-bond donors (Lipinski definition) is 1. The van der Waals surface area contributed by atoms with E-state index in [0.29, 0.717) is 25.2 Å². The molecule has 1 fully saturated rings. The molecule has 0 unspecified atom stereocenters. The van der Waals surface area contributed by atoms with Crippen molar-refractivity contribution in [3.8, 4) is 0 Å². The fourth-order valence-corrected chi connectivity index (χ4v) is 4.95. The van der Waals surface area contributed by atoms with Gasteiger partial charge in [0.15, 0.2) is 6.61 Å². The monoisotopic (exact) mass is 444 g/mol. The lowest BCUT2D eigenvalue weighted by Crippen LogP contribution is -2.35. The van der Waals surface area contributed by atoms with Gasteiger partial charge in [0, 0.05) is 19.6 Å². The predicted octanol–water partition coefficient (Wildman–Crippen LogP) is 2.95. The molecule has 0 bridgehead atoms. The first-order valence-electron chi connectivity index (χ1n) is 10.4. The zero-order valence-corrected chi connectivity index (χ0v) is 18.7. The molecule has 2 aromatic carbocycles. The summed E-state index contributed by atoms with van der Waals surface area (Å²) in [5.41, 5.74) is 2.80. The van der Waals surface area contributed by atoms with Crippen LogP contribution >= 0.6 is 0 Å². The van der Waals surface area contributed by atoms with Crippen LogP contribution in [0.1, 0.15) is 46.3 Å². The Morgan fingerprint density at radius 3 is 2.35 bits per heavy atom. The van der Waals surface area contributed by atoms with Crippen LogP contribution < -0.4 is 5.32 Å². The number of aryl methyl sites for hydroxylation is 2. The van der Waals surface area contributed by atoms with E-state index in [-0.39, 0.29) is 10.5 Å². The Morgan fingerprint density at radius 1 is 1.00 bits per heavy atom. The molecule has 1 heterocycles. The molecule has 0 aromatic heterocycles. The minimum atomic E-state index is -3.66. The molecular weight excluding hydrogens is 416 g/mol. The van der Waals surface area contributed by atoms with E-state index in [1.54, 1.807) is 13.0 Å². The summed E-state index contributed by atoms with van der Waals surface area (Å²) in [5, 5.41) is 2.70. The molecule has 0 atom stereocenters. The number of benzene rings is 2. The predicted molar refractivity (Wildman–Crippen MR) is 117 cm³/mol. The summed E-state index contributed by atoms with van der Waals surface area (Å²) in [5.74, 6) is -1.15. The summed E-state index contributed by atoms with van der Waals surface area (Å²) in [6.07, 6.45) is 2.68. The molecule has 7 nitrogen and oxygen atoms in total. The largest absolute Gasteiger partial charge is 0.452 e. The first kappa shape index (κ1) is 23.0. The quantitative estimate of drug-likeness (QED) is 0.663. The van der Waals surface area contributed by atoms with Crippen molar-refractivity contribution >= 4 is 21.9 Å². The van der Waals surface area contributed by atoms with Gasteiger partial charge in [0.25, 0.3) is 5.91 Å². The molecular formula is C23H28N2O5S. The molecule has 0 aliphatic carbocycles. The van der Waals surface area contributed by atoms with Gasteiger partial charge < -0.3 is 10.1 Å². The maximum absolute atomic E-state index is 12.9. The summed E-state index contributed by atoms with van der Waals surface area (Å²) < 4.78 is 32.4. The van der Waals surface area contributed by atoms with Crippen LogP contribution in [-0.4, -0.2) is 44.3 Å². The standard InChI is InChI=1S/C23H28N2O5S/c1-17-6-9-19(10-7-17)15-24-22(26)16-30-23(27)21-14-20(11-8-18(21)2)31(28,29)25-12-4-3-5-13-25/h6-11,14H,3-5,12-13,15-16H2,1-2H3,(H,24,26). The number of sulfonamides is 1. The topological polar surface area (TPSA) is 92.8 Å². The van der Waals surface area contributed by atoms with E-state index >= 15 is 0 Å². The number of piperidine rings is 1. The average Bonchev–Trinajstić information content (AvgIpc) is 2.78. The fraction of sp³-hybridized carbons (Fsp3) is 0.391. The summed E-state index contributed by atoms with van der Waals surface area (Å²) >= 11 is 0. The van der Waals surface area contributed by atoms with Gasteiger partial charge in [-0.3, -0.25) is 4.79 Å². The molecule has 3 rings (SSSR count). The van der Waals surface area contributed by atoms with Crippen molar-refractivity contribution in [2.45, 2.75) is 44.6 Å². The summed E-state index contributed by atoms with van der Waals surface area (Å²) in [4.78, 5) is 24.6. The molecule has 1 aliphatic rings. The minimum Gasteiger partial charge on any atom is -0.452 e. The molecule has 0 radical (unpaired) electrons. The Morgan fingerprint density at radius 2 is 1.68 bits per heavy atom. The number of carbonyl (C=O) groups excluding carboxylic acids is 2. The van der Waals surface area contributed by atoms with E-state index in [1.165, 1.54) is 16.4 Å². The summed E-state index contributed by atoms with van der Waals surface area (Å²) in [6, 6.07) is 12.2. The molecule has 2 aromatic rings. The molecule has 0 spiro atoms. The van der Waals surface area contributed by atoms with Gasteiger partial charge in [-0.25, -0.2) is 13.2 Å². The SMILES string of the molecule is Cc1ccc(CNC(=O)COC(=O)c2cc(S(=O)(=O)N3CCCCC3)ccc2C)cc1. The Balaban J connectivity index is 1.61. The van der Waals surface area contributed by atoms with E-state index in [2.05, 4.69) is 5.32 Å². The van der Waals surface area contributed by atoms with E-state index in [0.717, 1.165) is 30.4 Å². The molecule has 166 valence electrons. The second-order valence-corrected chi connectivity index (χ2v) is 9.72. The first-order chi connectivity index (χ1) is 14.8. The minimum absolute atomic E-state index is 0.0655.